The van der Waals surface area contributed by atoms with Crippen molar-refractivity contribution in [2.24, 2.45) is 11.8 Å². The van der Waals surface area contributed by atoms with Crippen LogP contribution in [0.5, 0.6) is 0 Å². The van der Waals surface area contributed by atoms with Crippen molar-refractivity contribution in [3.8, 4) is 0 Å². The minimum Gasteiger partial charge on any atom is -0.342 e. The zero-order valence-electron chi connectivity index (χ0n) is 16.4. The number of aryl methyl sites for hydroxylation is 1. The molecule has 1 saturated heterocycles. The summed E-state index contributed by atoms with van der Waals surface area (Å²) in [6.45, 7) is 8.09. The van der Waals surface area contributed by atoms with Crippen molar-refractivity contribution < 1.29 is 9.59 Å². The van der Waals surface area contributed by atoms with E-state index in [2.05, 4.69) is 28.7 Å². The highest BCUT2D eigenvalue weighted by molar-refractivity contribution is 6.05. The number of nitrogens with one attached hydrogen (secondary N) is 1. The molecule has 1 saturated carbocycles. The van der Waals surface area contributed by atoms with Gasteiger partial charge in [0.1, 0.15) is 11.3 Å². The number of aromatic nitrogens is 2. The first kappa shape index (κ1) is 18.0. The number of carbonyl (C=O) groups excluding carboxylic acids is 2. The molecule has 1 N–H and O–H groups in total. The number of fused-ring (bicyclic) bond motifs is 1. The normalized spacial score (nSPS) is 21.2. The van der Waals surface area contributed by atoms with E-state index in [0.717, 1.165) is 17.9 Å². The topological polar surface area (TPSA) is 69.3 Å². The minimum absolute atomic E-state index is 0.0289. The molecule has 0 radical (unpaired) electrons. The number of amides is 2. The van der Waals surface area contributed by atoms with Gasteiger partial charge < -0.3 is 14.8 Å². The Morgan fingerprint density at radius 1 is 1.33 bits per heavy atom. The Hall–Kier alpha value is -2.37. The fourth-order valence-electron chi connectivity index (χ4n) is 4.04. The first-order valence-electron chi connectivity index (χ1n) is 9.98. The number of hydrogen-bond donors (Lipinski definition) is 1. The molecule has 1 aliphatic carbocycles. The predicted octanol–water partition coefficient (Wildman–Crippen LogP) is 2.98. The van der Waals surface area contributed by atoms with E-state index >= 15 is 0 Å². The maximum absolute atomic E-state index is 13.3. The fourth-order valence-corrected chi connectivity index (χ4v) is 4.04. The summed E-state index contributed by atoms with van der Waals surface area (Å²) in [6, 6.07) is 5.73. The molecule has 1 aromatic heterocycles. The first-order valence-corrected chi connectivity index (χ1v) is 9.98. The van der Waals surface area contributed by atoms with Gasteiger partial charge in [-0.05, 0) is 43.7 Å². The first-order chi connectivity index (χ1) is 12.9. The molecule has 6 nitrogen and oxygen atoms in total. The van der Waals surface area contributed by atoms with Gasteiger partial charge >= 0.3 is 0 Å². The highest BCUT2D eigenvalue weighted by atomic mass is 16.2. The molecule has 1 atom stereocenters. The molecular weight excluding hydrogens is 340 g/mol. The van der Waals surface area contributed by atoms with Gasteiger partial charge in [-0.25, -0.2) is 4.98 Å². The Labute approximate surface area is 159 Å². The van der Waals surface area contributed by atoms with Crippen molar-refractivity contribution in [2.75, 3.05) is 19.6 Å². The highest BCUT2D eigenvalue weighted by Crippen LogP contribution is 2.32. The van der Waals surface area contributed by atoms with Gasteiger partial charge in [-0.2, -0.15) is 0 Å². The summed E-state index contributed by atoms with van der Waals surface area (Å²) in [5, 5.41) is 0. The third-order valence-corrected chi connectivity index (χ3v) is 5.79. The van der Waals surface area contributed by atoms with Crippen LogP contribution in [-0.2, 0) is 4.79 Å². The lowest BCUT2D eigenvalue weighted by Gasteiger charge is -2.34. The van der Waals surface area contributed by atoms with E-state index < -0.39 is 0 Å². The number of H-pyrrole nitrogens is 1. The van der Waals surface area contributed by atoms with Gasteiger partial charge in [-0.3, -0.25) is 9.59 Å². The van der Waals surface area contributed by atoms with E-state index in [1.54, 1.807) is 0 Å². The van der Waals surface area contributed by atoms with Gasteiger partial charge in [-0.1, -0.05) is 19.9 Å². The van der Waals surface area contributed by atoms with E-state index in [0.29, 0.717) is 42.4 Å². The van der Waals surface area contributed by atoms with E-state index in [1.807, 2.05) is 30.0 Å². The zero-order valence-corrected chi connectivity index (χ0v) is 16.4. The van der Waals surface area contributed by atoms with Crippen LogP contribution < -0.4 is 0 Å². The number of benzene rings is 1. The van der Waals surface area contributed by atoms with E-state index in [-0.39, 0.29) is 17.9 Å². The summed E-state index contributed by atoms with van der Waals surface area (Å²) in [5.74, 6) is 1.92. The van der Waals surface area contributed by atoms with Crippen molar-refractivity contribution in [1.82, 2.24) is 19.8 Å². The Morgan fingerprint density at radius 3 is 2.81 bits per heavy atom. The molecule has 2 fully saturated rings. The summed E-state index contributed by atoms with van der Waals surface area (Å²) in [6.07, 6.45) is 2.84. The number of hydrogen-bond acceptors (Lipinski definition) is 3. The summed E-state index contributed by atoms with van der Waals surface area (Å²) >= 11 is 0. The van der Waals surface area contributed by atoms with Crippen LogP contribution in [0.3, 0.4) is 0 Å². The molecule has 0 bridgehead atoms. The Kier molecular flexibility index (Phi) is 4.66. The quantitative estimate of drug-likeness (QED) is 0.902. The largest absolute Gasteiger partial charge is 0.342 e. The average molecular weight is 368 g/mol. The molecule has 0 unspecified atom stereocenters. The van der Waals surface area contributed by atoms with Crippen LogP contribution in [0.4, 0.5) is 0 Å². The summed E-state index contributed by atoms with van der Waals surface area (Å²) in [5.41, 5.74) is 2.20. The summed E-state index contributed by atoms with van der Waals surface area (Å²) in [4.78, 5) is 37.7. The van der Waals surface area contributed by atoms with Crippen LogP contribution in [0, 0.1) is 18.8 Å². The van der Waals surface area contributed by atoms with Gasteiger partial charge in [0.05, 0.1) is 17.1 Å². The molecule has 144 valence electrons. The van der Waals surface area contributed by atoms with Crippen LogP contribution in [0.2, 0.25) is 0 Å². The number of aromatic amines is 1. The number of carbonyl (C=O) groups is 2. The lowest BCUT2D eigenvalue weighted by Crippen LogP contribution is -2.48. The van der Waals surface area contributed by atoms with Crippen molar-refractivity contribution >= 4 is 22.8 Å². The second-order valence-electron chi connectivity index (χ2n) is 8.33. The Bertz CT molecular complexity index is 868. The van der Waals surface area contributed by atoms with Crippen molar-refractivity contribution in [2.45, 2.75) is 46.1 Å². The molecule has 1 aromatic carbocycles. The molecule has 2 aliphatic rings. The maximum atomic E-state index is 13.3. The Morgan fingerprint density at radius 2 is 2.11 bits per heavy atom. The highest BCUT2D eigenvalue weighted by Gasteiger charge is 2.37. The second kappa shape index (κ2) is 6.98. The molecule has 1 aliphatic heterocycles. The number of rotatable bonds is 4. The lowest BCUT2D eigenvalue weighted by molar-refractivity contribution is -0.133. The maximum Gasteiger partial charge on any atom is 0.256 e. The standard InChI is InChI=1S/C21H28N4O2/c1-13(2)18-12-24(10-9-19(26)25(18)11-15-7-8-15)21(27)16-5-4-6-17-20(16)23-14(3)22-17/h4-6,13,15,18H,7-12H2,1-3H3,(H,22,23)/t18-/m1/s1. The molecule has 2 amide bonds. The summed E-state index contributed by atoms with van der Waals surface area (Å²) in [7, 11) is 0. The van der Waals surface area contributed by atoms with Crippen molar-refractivity contribution in [3.63, 3.8) is 0 Å². The van der Waals surface area contributed by atoms with E-state index in [4.69, 9.17) is 0 Å². The molecule has 0 spiro atoms. The van der Waals surface area contributed by atoms with Crippen LogP contribution >= 0.6 is 0 Å². The number of nitrogens with zero attached hydrogens (tertiary/aromatic N) is 3. The van der Waals surface area contributed by atoms with E-state index in [1.165, 1.54) is 12.8 Å². The molecular formula is C21H28N4O2. The smallest absolute Gasteiger partial charge is 0.256 e. The van der Waals surface area contributed by atoms with Crippen molar-refractivity contribution in [3.05, 3.63) is 29.6 Å². The zero-order chi connectivity index (χ0) is 19.1. The van der Waals surface area contributed by atoms with Crippen LogP contribution in [-0.4, -0.2) is 57.3 Å². The summed E-state index contributed by atoms with van der Waals surface area (Å²) < 4.78 is 0. The van der Waals surface area contributed by atoms with Gasteiger partial charge in [0, 0.05) is 26.1 Å². The molecule has 2 aromatic rings. The monoisotopic (exact) mass is 368 g/mol. The van der Waals surface area contributed by atoms with Crippen LogP contribution in [0.15, 0.2) is 18.2 Å². The molecule has 4 rings (SSSR count). The molecule has 6 heteroatoms. The third-order valence-electron chi connectivity index (χ3n) is 5.79. The molecule has 27 heavy (non-hydrogen) atoms. The van der Waals surface area contributed by atoms with Gasteiger partial charge in [0.15, 0.2) is 0 Å². The second-order valence-corrected chi connectivity index (χ2v) is 8.33. The predicted molar refractivity (Wildman–Crippen MR) is 104 cm³/mol. The van der Waals surface area contributed by atoms with Gasteiger partial charge in [0.25, 0.3) is 5.91 Å². The van der Waals surface area contributed by atoms with Gasteiger partial charge in [-0.15, -0.1) is 0 Å². The SMILES string of the molecule is Cc1nc2c(C(=O)N3CCC(=O)N(CC4CC4)[C@@H](C(C)C)C3)cccc2[nH]1. The number of para-hydroxylation sites is 1. The molecule has 2 heterocycles. The Balaban J connectivity index is 1.62. The van der Waals surface area contributed by atoms with Gasteiger partial charge in [0.2, 0.25) is 5.91 Å². The average Bonchev–Trinajstić information content (AvgIpc) is 3.39. The number of imidazole rings is 1. The third kappa shape index (κ3) is 3.57. The van der Waals surface area contributed by atoms with E-state index in [9.17, 15) is 9.59 Å². The van der Waals surface area contributed by atoms with Crippen LogP contribution in [0.1, 0.15) is 49.3 Å². The lowest BCUT2D eigenvalue weighted by atomic mass is 10.0. The minimum atomic E-state index is -0.0289. The van der Waals surface area contributed by atoms with Crippen molar-refractivity contribution in [1.29, 1.82) is 0 Å². The van der Waals surface area contributed by atoms with Crippen LogP contribution in [0.25, 0.3) is 11.0 Å². The fraction of sp³-hybridized carbons (Fsp3) is 0.571.